The molecule has 0 aromatic carbocycles. The topological polar surface area (TPSA) is 52.6 Å². The molecule has 2 N–H and O–H groups in total. The summed E-state index contributed by atoms with van der Waals surface area (Å²) in [6, 6.07) is -0.104. The van der Waals surface area contributed by atoms with Crippen molar-refractivity contribution in [3.05, 3.63) is 0 Å². The van der Waals surface area contributed by atoms with Crippen molar-refractivity contribution in [3.8, 4) is 0 Å². The summed E-state index contributed by atoms with van der Waals surface area (Å²) >= 11 is 0. The van der Waals surface area contributed by atoms with E-state index in [1.54, 1.807) is 6.92 Å². The van der Waals surface area contributed by atoms with Crippen LogP contribution in [0, 0.1) is 5.92 Å². The maximum atomic E-state index is 10.6. The summed E-state index contributed by atoms with van der Waals surface area (Å²) in [6.45, 7) is 6.64. The van der Waals surface area contributed by atoms with Gasteiger partial charge < -0.3 is 15.3 Å². The van der Waals surface area contributed by atoms with Crippen LogP contribution in [0.1, 0.15) is 20.8 Å². The number of nitrogens with zero attached hydrogens (tertiary/aromatic N) is 1. The molecule has 14 heavy (non-hydrogen) atoms. The summed E-state index contributed by atoms with van der Waals surface area (Å²) < 4.78 is 0. The maximum absolute atomic E-state index is 10.6. The molecule has 2 unspecified atom stereocenters. The number of carboxylic acid groups (broad SMARTS) is 1. The van der Waals surface area contributed by atoms with E-state index in [0.29, 0.717) is 18.5 Å². The van der Waals surface area contributed by atoms with Gasteiger partial charge in [0.1, 0.15) is 6.04 Å². The molecule has 0 heterocycles. The molecule has 0 aliphatic heterocycles. The Balaban J connectivity index is 4.00. The highest BCUT2D eigenvalue weighted by Gasteiger charge is 2.18. The Labute approximate surface area is 86.3 Å². The molecule has 0 aromatic rings. The minimum Gasteiger partial charge on any atom is -0.480 e. The Morgan fingerprint density at radius 2 is 1.86 bits per heavy atom. The molecule has 4 nitrogen and oxygen atoms in total. The first kappa shape index (κ1) is 13.4. The average Bonchev–Trinajstić information content (AvgIpc) is 2.02. The molecule has 0 saturated heterocycles. The lowest BCUT2D eigenvalue weighted by atomic mass is 10.0. The first-order valence-corrected chi connectivity index (χ1v) is 4.98. The highest BCUT2D eigenvalue weighted by atomic mass is 16.4. The van der Waals surface area contributed by atoms with Crippen LogP contribution in [-0.4, -0.2) is 48.7 Å². The molecule has 0 bridgehead atoms. The lowest BCUT2D eigenvalue weighted by Crippen LogP contribution is -2.46. The number of likely N-dealkylation sites (N-methyl/N-ethyl adjacent to an activating group) is 1. The quantitative estimate of drug-likeness (QED) is 0.663. The maximum Gasteiger partial charge on any atom is 0.320 e. The van der Waals surface area contributed by atoms with Crippen LogP contribution in [-0.2, 0) is 4.79 Å². The van der Waals surface area contributed by atoms with Crippen molar-refractivity contribution in [3.63, 3.8) is 0 Å². The van der Waals surface area contributed by atoms with E-state index in [1.165, 1.54) is 0 Å². The number of nitrogens with one attached hydrogen (secondary N) is 1. The van der Waals surface area contributed by atoms with Crippen LogP contribution in [0.5, 0.6) is 0 Å². The van der Waals surface area contributed by atoms with Crippen LogP contribution < -0.4 is 5.32 Å². The molecule has 0 radical (unpaired) electrons. The molecule has 4 heteroatoms. The molecule has 0 aliphatic carbocycles. The molecule has 0 spiro atoms. The Hall–Kier alpha value is -0.610. The van der Waals surface area contributed by atoms with E-state index in [1.807, 2.05) is 14.1 Å². The van der Waals surface area contributed by atoms with Gasteiger partial charge in [-0.2, -0.15) is 0 Å². The lowest BCUT2D eigenvalue weighted by molar-refractivity contribution is -0.139. The third kappa shape index (κ3) is 4.58. The highest BCUT2D eigenvalue weighted by molar-refractivity contribution is 5.72. The smallest absolute Gasteiger partial charge is 0.320 e. The zero-order chi connectivity index (χ0) is 11.3. The van der Waals surface area contributed by atoms with E-state index >= 15 is 0 Å². The molecular formula is C10H22N2O2. The highest BCUT2D eigenvalue weighted by Crippen LogP contribution is 2.06. The van der Waals surface area contributed by atoms with Crippen molar-refractivity contribution in [1.29, 1.82) is 0 Å². The van der Waals surface area contributed by atoms with Gasteiger partial charge in [-0.05, 0) is 26.9 Å². The third-order valence-corrected chi connectivity index (χ3v) is 2.44. The van der Waals surface area contributed by atoms with Crippen molar-refractivity contribution in [2.24, 2.45) is 5.92 Å². The molecule has 0 saturated carbocycles. The summed E-state index contributed by atoms with van der Waals surface area (Å²) in [5.41, 5.74) is 0. The summed E-state index contributed by atoms with van der Waals surface area (Å²) in [6.07, 6.45) is 0. The predicted octanol–water partition coefficient (Wildman–Crippen LogP) is 0.635. The number of aliphatic carboxylic acids is 1. The fourth-order valence-electron chi connectivity index (χ4n) is 1.40. The molecule has 0 fully saturated rings. The molecular weight excluding hydrogens is 180 g/mol. The summed E-state index contributed by atoms with van der Waals surface area (Å²) in [5.74, 6) is -0.287. The summed E-state index contributed by atoms with van der Waals surface area (Å²) in [5, 5.41) is 11.7. The summed E-state index contributed by atoms with van der Waals surface area (Å²) in [7, 11) is 4.02. The van der Waals surface area contributed by atoms with Crippen molar-refractivity contribution >= 4 is 5.97 Å². The molecule has 0 amide bonds. The van der Waals surface area contributed by atoms with E-state index in [2.05, 4.69) is 24.1 Å². The van der Waals surface area contributed by atoms with Crippen molar-refractivity contribution in [2.75, 3.05) is 20.6 Å². The van der Waals surface area contributed by atoms with Crippen LogP contribution in [0.3, 0.4) is 0 Å². The zero-order valence-electron chi connectivity index (χ0n) is 9.74. The number of carbonyl (C=O) groups is 1. The summed E-state index contributed by atoms with van der Waals surface area (Å²) in [4.78, 5) is 12.7. The standard InChI is InChI=1S/C10H22N2O2/c1-7(2)9(12(4)5)6-11-8(3)10(13)14/h7-9,11H,6H2,1-5H3,(H,13,14). The van der Waals surface area contributed by atoms with Gasteiger partial charge in [-0.1, -0.05) is 13.8 Å². The number of rotatable bonds is 6. The van der Waals surface area contributed by atoms with E-state index in [0.717, 1.165) is 0 Å². The Kier molecular flexibility index (Phi) is 5.72. The van der Waals surface area contributed by atoms with Gasteiger partial charge in [-0.25, -0.2) is 0 Å². The second kappa shape index (κ2) is 5.98. The third-order valence-electron chi connectivity index (χ3n) is 2.44. The fraction of sp³-hybridized carbons (Fsp3) is 0.900. The van der Waals surface area contributed by atoms with Gasteiger partial charge in [-0.3, -0.25) is 4.79 Å². The van der Waals surface area contributed by atoms with E-state index in [-0.39, 0.29) is 0 Å². The van der Waals surface area contributed by atoms with Gasteiger partial charge in [0.2, 0.25) is 0 Å². The van der Waals surface area contributed by atoms with Gasteiger partial charge in [0.15, 0.2) is 0 Å². The number of carboxylic acids is 1. The lowest BCUT2D eigenvalue weighted by Gasteiger charge is -2.28. The first-order chi connectivity index (χ1) is 6.36. The van der Waals surface area contributed by atoms with Crippen molar-refractivity contribution in [1.82, 2.24) is 10.2 Å². The van der Waals surface area contributed by atoms with Gasteiger partial charge in [0.05, 0.1) is 0 Å². The van der Waals surface area contributed by atoms with Gasteiger partial charge >= 0.3 is 5.97 Å². The van der Waals surface area contributed by atoms with Crippen LogP contribution in [0.4, 0.5) is 0 Å². The van der Waals surface area contributed by atoms with Crippen molar-refractivity contribution < 1.29 is 9.90 Å². The van der Waals surface area contributed by atoms with Gasteiger partial charge in [-0.15, -0.1) is 0 Å². The van der Waals surface area contributed by atoms with Gasteiger partial charge in [0, 0.05) is 12.6 Å². The minimum atomic E-state index is -0.800. The van der Waals surface area contributed by atoms with Crippen LogP contribution in [0.25, 0.3) is 0 Å². The zero-order valence-corrected chi connectivity index (χ0v) is 9.74. The Bertz CT molecular complexity index is 173. The average molecular weight is 202 g/mol. The molecule has 84 valence electrons. The number of hydrogen-bond donors (Lipinski definition) is 2. The van der Waals surface area contributed by atoms with Crippen LogP contribution in [0.2, 0.25) is 0 Å². The second-order valence-electron chi connectivity index (χ2n) is 4.24. The number of hydrogen-bond acceptors (Lipinski definition) is 3. The fourth-order valence-corrected chi connectivity index (χ4v) is 1.40. The molecule has 2 atom stereocenters. The van der Waals surface area contributed by atoms with E-state index < -0.39 is 12.0 Å². The molecule has 0 rings (SSSR count). The van der Waals surface area contributed by atoms with Crippen LogP contribution >= 0.6 is 0 Å². The Morgan fingerprint density at radius 1 is 1.36 bits per heavy atom. The van der Waals surface area contributed by atoms with Gasteiger partial charge in [0.25, 0.3) is 0 Å². The normalized spacial score (nSPS) is 15.9. The first-order valence-electron chi connectivity index (χ1n) is 4.98. The largest absolute Gasteiger partial charge is 0.480 e. The van der Waals surface area contributed by atoms with Crippen molar-refractivity contribution in [2.45, 2.75) is 32.9 Å². The SMILES string of the molecule is CC(NCC(C(C)C)N(C)C)C(=O)O. The van der Waals surface area contributed by atoms with E-state index in [4.69, 9.17) is 5.11 Å². The molecule has 0 aliphatic rings. The minimum absolute atomic E-state index is 0.372. The van der Waals surface area contributed by atoms with E-state index in [9.17, 15) is 4.79 Å². The predicted molar refractivity (Wildman–Crippen MR) is 57.4 cm³/mol. The molecule has 0 aromatic heterocycles. The Morgan fingerprint density at radius 3 is 2.14 bits per heavy atom. The van der Waals surface area contributed by atoms with Crippen LogP contribution in [0.15, 0.2) is 0 Å². The second-order valence-corrected chi connectivity index (χ2v) is 4.24. The monoisotopic (exact) mass is 202 g/mol.